The van der Waals surface area contributed by atoms with Gasteiger partial charge in [-0.05, 0) is 49.4 Å². The predicted octanol–water partition coefficient (Wildman–Crippen LogP) is 3.61. The number of pyridine rings is 1. The Balaban J connectivity index is 1.44. The number of urea groups is 1. The van der Waals surface area contributed by atoms with E-state index >= 15 is 0 Å². The number of carbonyl (C=O) groups excluding carboxylic acids is 1. The van der Waals surface area contributed by atoms with E-state index in [4.69, 9.17) is 4.74 Å². The van der Waals surface area contributed by atoms with Crippen LogP contribution in [0, 0.1) is 0 Å². The number of hydrogen-bond acceptors (Lipinski definition) is 4. The second kappa shape index (κ2) is 10.1. The van der Waals surface area contributed by atoms with Gasteiger partial charge in [0.15, 0.2) is 0 Å². The van der Waals surface area contributed by atoms with Crippen molar-refractivity contribution in [1.82, 2.24) is 15.6 Å². The molecule has 1 saturated heterocycles. The Kier molecular flexibility index (Phi) is 7.25. The minimum Gasteiger partial charge on any atom is -0.374 e. The lowest BCUT2D eigenvalue weighted by Crippen LogP contribution is -2.34. The van der Waals surface area contributed by atoms with Gasteiger partial charge in [-0.25, -0.2) is 9.78 Å². The number of aromatic nitrogens is 1. The molecule has 0 radical (unpaired) electrons. The molecule has 3 rings (SSSR count). The summed E-state index contributed by atoms with van der Waals surface area (Å²) in [7, 11) is 0. The molecular weight excluding hydrogens is 352 g/mol. The van der Waals surface area contributed by atoms with Gasteiger partial charge in [0, 0.05) is 32.4 Å². The van der Waals surface area contributed by atoms with Crippen LogP contribution in [0.2, 0.25) is 0 Å². The first-order valence-electron chi connectivity index (χ1n) is 10.0. The molecule has 6 nitrogen and oxygen atoms in total. The summed E-state index contributed by atoms with van der Waals surface area (Å²) in [5.41, 5.74) is 3.15. The zero-order valence-corrected chi connectivity index (χ0v) is 16.8. The smallest absolute Gasteiger partial charge is 0.315 e. The molecule has 0 bridgehead atoms. The molecule has 6 heteroatoms. The van der Waals surface area contributed by atoms with E-state index < -0.39 is 0 Å². The van der Waals surface area contributed by atoms with Crippen molar-refractivity contribution in [2.24, 2.45) is 0 Å². The second-order valence-electron chi connectivity index (χ2n) is 7.38. The molecule has 0 spiro atoms. The van der Waals surface area contributed by atoms with Crippen LogP contribution in [0.25, 0.3) is 0 Å². The Morgan fingerprint density at radius 2 is 1.79 bits per heavy atom. The molecule has 1 aliphatic heterocycles. The van der Waals surface area contributed by atoms with Gasteiger partial charge in [0.1, 0.15) is 5.82 Å². The Morgan fingerprint density at radius 1 is 1.07 bits per heavy atom. The Bertz CT molecular complexity index is 755. The SMILES string of the molecule is CC(C)OCc1ccccc1CNC(=O)NCc1ccc(N2CCCC2)nc1. The Hall–Kier alpha value is -2.60. The number of nitrogens with one attached hydrogen (secondary N) is 2. The summed E-state index contributed by atoms with van der Waals surface area (Å²) in [6.45, 7) is 7.66. The van der Waals surface area contributed by atoms with Gasteiger partial charge in [-0.1, -0.05) is 30.3 Å². The number of rotatable bonds is 8. The summed E-state index contributed by atoms with van der Waals surface area (Å²) in [6.07, 6.45) is 4.48. The largest absolute Gasteiger partial charge is 0.374 e. The van der Waals surface area contributed by atoms with Crippen LogP contribution in [-0.4, -0.2) is 30.2 Å². The number of amides is 2. The van der Waals surface area contributed by atoms with Crippen LogP contribution in [0.4, 0.5) is 10.6 Å². The Labute approximate surface area is 167 Å². The van der Waals surface area contributed by atoms with Crippen LogP contribution in [0.5, 0.6) is 0 Å². The van der Waals surface area contributed by atoms with E-state index in [0.29, 0.717) is 19.7 Å². The maximum atomic E-state index is 12.2. The third-order valence-electron chi connectivity index (χ3n) is 4.82. The highest BCUT2D eigenvalue weighted by Gasteiger charge is 2.13. The molecule has 1 aromatic heterocycles. The highest BCUT2D eigenvalue weighted by molar-refractivity contribution is 5.73. The van der Waals surface area contributed by atoms with Crippen molar-refractivity contribution in [1.29, 1.82) is 0 Å². The monoisotopic (exact) mass is 382 g/mol. The number of hydrogen-bond donors (Lipinski definition) is 2. The fourth-order valence-corrected chi connectivity index (χ4v) is 3.20. The van der Waals surface area contributed by atoms with Crippen LogP contribution in [-0.2, 0) is 24.4 Å². The van der Waals surface area contributed by atoms with Crippen LogP contribution in [0.15, 0.2) is 42.6 Å². The number of ether oxygens (including phenoxy) is 1. The average Bonchev–Trinajstić information content (AvgIpc) is 3.25. The van der Waals surface area contributed by atoms with Crippen LogP contribution < -0.4 is 15.5 Å². The van der Waals surface area contributed by atoms with E-state index in [9.17, 15) is 4.79 Å². The molecule has 28 heavy (non-hydrogen) atoms. The van der Waals surface area contributed by atoms with E-state index in [2.05, 4.69) is 20.5 Å². The summed E-state index contributed by atoms with van der Waals surface area (Å²) in [6, 6.07) is 11.9. The van der Waals surface area contributed by atoms with Crippen molar-refractivity contribution >= 4 is 11.8 Å². The van der Waals surface area contributed by atoms with E-state index in [0.717, 1.165) is 35.6 Å². The Morgan fingerprint density at radius 3 is 2.46 bits per heavy atom. The van der Waals surface area contributed by atoms with Crippen molar-refractivity contribution < 1.29 is 9.53 Å². The number of carbonyl (C=O) groups is 1. The van der Waals surface area contributed by atoms with Gasteiger partial charge in [0.25, 0.3) is 0 Å². The molecule has 1 aliphatic rings. The standard InChI is InChI=1S/C22H30N4O2/c1-17(2)28-16-20-8-4-3-7-19(20)15-25-22(27)24-14-18-9-10-21(23-13-18)26-11-5-6-12-26/h3-4,7-10,13,17H,5-6,11-12,14-16H2,1-2H3,(H2,24,25,27). The predicted molar refractivity (Wildman–Crippen MR) is 111 cm³/mol. The van der Waals surface area contributed by atoms with Crippen molar-refractivity contribution in [3.05, 3.63) is 59.3 Å². The van der Waals surface area contributed by atoms with E-state index in [1.807, 2.05) is 56.4 Å². The number of benzene rings is 1. The quantitative estimate of drug-likeness (QED) is 0.732. The third kappa shape index (κ3) is 5.96. The number of anilines is 1. The highest BCUT2D eigenvalue weighted by atomic mass is 16.5. The molecule has 0 atom stereocenters. The molecule has 0 aliphatic carbocycles. The summed E-state index contributed by atoms with van der Waals surface area (Å²) in [4.78, 5) is 19.0. The second-order valence-corrected chi connectivity index (χ2v) is 7.38. The lowest BCUT2D eigenvalue weighted by molar-refractivity contribution is 0.0652. The van der Waals surface area contributed by atoms with Gasteiger partial charge >= 0.3 is 6.03 Å². The van der Waals surface area contributed by atoms with E-state index in [1.165, 1.54) is 12.8 Å². The van der Waals surface area contributed by atoms with Crippen molar-refractivity contribution in [2.75, 3.05) is 18.0 Å². The molecule has 1 aromatic carbocycles. The third-order valence-corrected chi connectivity index (χ3v) is 4.82. The van der Waals surface area contributed by atoms with Gasteiger partial charge in [0.05, 0.1) is 12.7 Å². The first-order chi connectivity index (χ1) is 13.6. The summed E-state index contributed by atoms with van der Waals surface area (Å²) >= 11 is 0. The van der Waals surface area contributed by atoms with Gasteiger partial charge in [-0.3, -0.25) is 0 Å². The number of nitrogens with zero attached hydrogens (tertiary/aromatic N) is 2. The van der Waals surface area contributed by atoms with Gasteiger partial charge in [-0.15, -0.1) is 0 Å². The summed E-state index contributed by atoms with van der Waals surface area (Å²) in [5.74, 6) is 1.02. The molecule has 150 valence electrons. The minimum atomic E-state index is -0.191. The first kappa shape index (κ1) is 20.1. The van der Waals surface area contributed by atoms with Crippen LogP contribution in [0.3, 0.4) is 0 Å². The van der Waals surface area contributed by atoms with Crippen LogP contribution in [0.1, 0.15) is 43.4 Å². The minimum absolute atomic E-state index is 0.176. The zero-order chi connectivity index (χ0) is 19.8. The summed E-state index contributed by atoms with van der Waals surface area (Å²) < 4.78 is 5.69. The average molecular weight is 383 g/mol. The molecular formula is C22H30N4O2. The van der Waals surface area contributed by atoms with Gasteiger partial charge < -0.3 is 20.3 Å². The molecule has 2 N–H and O–H groups in total. The fourth-order valence-electron chi connectivity index (χ4n) is 3.20. The maximum Gasteiger partial charge on any atom is 0.315 e. The molecule has 2 aromatic rings. The summed E-state index contributed by atoms with van der Waals surface area (Å²) in [5, 5.41) is 5.81. The van der Waals surface area contributed by atoms with Crippen molar-refractivity contribution in [2.45, 2.75) is 52.5 Å². The van der Waals surface area contributed by atoms with Gasteiger partial charge in [0.2, 0.25) is 0 Å². The zero-order valence-electron chi connectivity index (χ0n) is 16.8. The highest BCUT2D eigenvalue weighted by Crippen LogP contribution is 2.17. The fraction of sp³-hybridized carbons (Fsp3) is 0.455. The lowest BCUT2D eigenvalue weighted by atomic mass is 10.1. The van der Waals surface area contributed by atoms with Gasteiger partial charge in [-0.2, -0.15) is 0 Å². The normalized spacial score (nSPS) is 13.8. The first-order valence-corrected chi connectivity index (χ1v) is 10.0. The van der Waals surface area contributed by atoms with Crippen molar-refractivity contribution in [3.8, 4) is 0 Å². The molecule has 2 amide bonds. The molecule has 2 heterocycles. The van der Waals surface area contributed by atoms with Crippen LogP contribution >= 0.6 is 0 Å². The topological polar surface area (TPSA) is 66.5 Å². The molecule has 0 saturated carbocycles. The maximum absolute atomic E-state index is 12.2. The van der Waals surface area contributed by atoms with E-state index in [-0.39, 0.29) is 12.1 Å². The molecule has 0 unspecified atom stereocenters. The molecule has 1 fully saturated rings. The van der Waals surface area contributed by atoms with E-state index in [1.54, 1.807) is 0 Å². The van der Waals surface area contributed by atoms with Crippen molar-refractivity contribution in [3.63, 3.8) is 0 Å². The lowest BCUT2D eigenvalue weighted by Gasteiger charge is -2.16.